The van der Waals surface area contributed by atoms with E-state index in [1.807, 2.05) is 37.3 Å². The van der Waals surface area contributed by atoms with Gasteiger partial charge in [-0.2, -0.15) is 0 Å². The Bertz CT molecular complexity index is 701. The molecule has 120 valence electrons. The first-order valence-electron chi connectivity index (χ1n) is 7.46. The van der Waals surface area contributed by atoms with Crippen LogP contribution in [0.2, 0.25) is 0 Å². The van der Waals surface area contributed by atoms with Gasteiger partial charge in [0.25, 0.3) is 0 Å². The highest BCUT2D eigenvalue weighted by Crippen LogP contribution is 2.22. The molecular weight excluding hydrogens is 358 g/mol. The molecule has 1 amide bonds. The summed E-state index contributed by atoms with van der Waals surface area (Å²) in [6, 6.07) is 9.89. The topological polar surface area (TPSA) is 61.4 Å². The van der Waals surface area contributed by atoms with Crippen LogP contribution in [0, 0.1) is 6.92 Å². The van der Waals surface area contributed by atoms with Crippen molar-refractivity contribution < 1.29 is 4.79 Å². The van der Waals surface area contributed by atoms with E-state index >= 15 is 0 Å². The molecule has 1 aromatic heterocycles. The van der Waals surface area contributed by atoms with Crippen LogP contribution in [-0.2, 0) is 4.79 Å². The number of aryl methyl sites for hydroxylation is 1. The third-order valence-corrected chi connectivity index (χ3v) is 4.20. The molecule has 2 aromatic rings. The molecule has 23 heavy (non-hydrogen) atoms. The number of carbonyl (C=O) groups excluding carboxylic acids is 1. The highest BCUT2D eigenvalue weighted by Gasteiger charge is 2.17. The summed E-state index contributed by atoms with van der Waals surface area (Å²) in [5.41, 5.74) is 0.967. The van der Waals surface area contributed by atoms with Gasteiger partial charge in [0.1, 0.15) is 17.5 Å². The molecule has 1 saturated heterocycles. The number of nitrogens with zero attached hydrogens (tertiary/aromatic N) is 4. The third-order valence-electron chi connectivity index (χ3n) is 3.71. The van der Waals surface area contributed by atoms with Crippen LogP contribution in [0.15, 0.2) is 34.8 Å². The number of hydrogen-bond acceptors (Lipinski definition) is 5. The van der Waals surface area contributed by atoms with Crippen molar-refractivity contribution in [2.75, 3.05) is 36.4 Å². The lowest BCUT2D eigenvalue weighted by Gasteiger charge is -2.33. The number of amides is 1. The number of carbonyl (C=O) groups is 1. The van der Waals surface area contributed by atoms with Crippen LogP contribution in [0.4, 0.5) is 17.3 Å². The van der Waals surface area contributed by atoms with Gasteiger partial charge >= 0.3 is 0 Å². The van der Waals surface area contributed by atoms with Crippen LogP contribution in [0.25, 0.3) is 0 Å². The summed E-state index contributed by atoms with van der Waals surface area (Å²) in [6.45, 7) is 4.90. The summed E-state index contributed by atoms with van der Waals surface area (Å²) in [6.07, 6.45) is 0.906. The van der Waals surface area contributed by atoms with Crippen molar-refractivity contribution in [2.24, 2.45) is 0 Å². The van der Waals surface area contributed by atoms with Crippen LogP contribution in [0.3, 0.4) is 0 Å². The molecular formula is C16H18BrN5O. The number of anilines is 3. The molecule has 1 aromatic carbocycles. The number of aromatic nitrogens is 2. The Hall–Kier alpha value is -2.15. The molecule has 7 heteroatoms. The Morgan fingerprint density at radius 3 is 2.65 bits per heavy atom. The Kier molecular flexibility index (Phi) is 4.76. The minimum atomic E-state index is 0.720. The Morgan fingerprint density at radius 1 is 1.17 bits per heavy atom. The molecule has 1 aliphatic heterocycles. The van der Waals surface area contributed by atoms with E-state index in [4.69, 9.17) is 0 Å². The number of rotatable bonds is 4. The van der Waals surface area contributed by atoms with Crippen LogP contribution in [-0.4, -0.2) is 47.5 Å². The highest BCUT2D eigenvalue weighted by atomic mass is 79.9. The second kappa shape index (κ2) is 6.95. The first kappa shape index (κ1) is 15.7. The number of halogens is 1. The predicted octanol–water partition coefficient (Wildman–Crippen LogP) is 2.57. The van der Waals surface area contributed by atoms with Gasteiger partial charge in [-0.25, -0.2) is 9.97 Å². The third kappa shape index (κ3) is 3.98. The zero-order valence-corrected chi connectivity index (χ0v) is 14.5. The fraction of sp³-hybridized carbons (Fsp3) is 0.312. The average Bonchev–Trinajstić information content (AvgIpc) is 2.54. The monoisotopic (exact) mass is 375 g/mol. The van der Waals surface area contributed by atoms with Gasteiger partial charge in [-0.1, -0.05) is 22.0 Å². The van der Waals surface area contributed by atoms with E-state index in [2.05, 4.69) is 36.1 Å². The van der Waals surface area contributed by atoms with Gasteiger partial charge in [0.05, 0.1) is 0 Å². The lowest BCUT2D eigenvalue weighted by Crippen LogP contribution is -2.46. The molecule has 6 nitrogen and oxygen atoms in total. The fourth-order valence-corrected chi connectivity index (χ4v) is 2.95. The lowest BCUT2D eigenvalue weighted by molar-refractivity contribution is -0.118. The molecule has 1 aliphatic rings. The van der Waals surface area contributed by atoms with Crippen LogP contribution in [0.5, 0.6) is 0 Å². The zero-order valence-electron chi connectivity index (χ0n) is 12.9. The standard InChI is InChI=1S/C16H18BrN5O/c1-12-18-15(20-14-4-2-3-13(17)9-14)10-16(19-12)22-7-5-21(11-23)6-8-22/h2-4,9-11H,5-8H2,1H3,(H,18,19,20). The number of piperazine rings is 1. The van der Waals surface area contributed by atoms with Crippen molar-refractivity contribution in [1.82, 2.24) is 14.9 Å². The van der Waals surface area contributed by atoms with Crippen LogP contribution >= 0.6 is 15.9 Å². The van der Waals surface area contributed by atoms with Crippen molar-refractivity contribution in [1.29, 1.82) is 0 Å². The van der Waals surface area contributed by atoms with E-state index in [0.717, 1.165) is 60.2 Å². The van der Waals surface area contributed by atoms with Gasteiger partial charge in [0, 0.05) is 42.4 Å². The summed E-state index contributed by atoms with van der Waals surface area (Å²) in [7, 11) is 0. The number of benzene rings is 1. The second-order valence-electron chi connectivity index (χ2n) is 5.42. The van der Waals surface area contributed by atoms with E-state index in [0.29, 0.717) is 0 Å². The summed E-state index contributed by atoms with van der Waals surface area (Å²) in [4.78, 5) is 23.8. The molecule has 0 radical (unpaired) electrons. The molecule has 1 N–H and O–H groups in total. The second-order valence-corrected chi connectivity index (χ2v) is 6.34. The van der Waals surface area contributed by atoms with Gasteiger partial charge in [-0.05, 0) is 25.1 Å². The van der Waals surface area contributed by atoms with Crippen molar-refractivity contribution >= 4 is 39.7 Å². The maximum Gasteiger partial charge on any atom is 0.209 e. The lowest BCUT2D eigenvalue weighted by atomic mass is 10.3. The first-order chi connectivity index (χ1) is 11.1. The van der Waals surface area contributed by atoms with Gasteiger partial charge in [-0.3, -0.25) is 4.79 Å². The molecule has 0 saturated carbocycles. The Balaban J connectivity index is 1.78. The Labute approximate surface area is 143 Å². The van der Waals surface area contributed by atoms with Gasteiger partial charge in [0.2, 0.25) is 6.41 Å². The maximum atomic E-state index is 10.8. The molecule has 0 atom stereocenters. The number of hydrogen-bond donors (Lipinski definition) is 1. The van der Waals surface area contributed by atoms with Gasteiger partial charge < -0.3 is 15.1 Å². The first-order valence-corrected chi connectivity index (χ1v) is 8.26. The van der Waals surface area contributed by atoms with Crippen LogP contribution < -0.4 is 10.2 Å². The highest BCUT2D eigenvalue weighted by molar-refractivity contribution is 9.10. The Morgan fingerprint density at radius 2 is 1.96 bits per heavy atom. The summed E-state index contributed by atoms with van der Waals surface area (Å²) in [5, 5.41) is 3.31. The van der Waals surface area contributed by atoms with Crippen LogP contribution in [0.1, 0.15) is 5.82 Å². The zero-order chi connectivity index (χ0) is 16.2. The molecule has 0 bridgehead atoms. The SMILES string of the molecule is Cc1nc(Nc2cccc(Br)c2)cc(N2CCN(C=O)CC2)n1. The molecule has 0 unspecified atom stereocenters. The van der Waals surface area contributed by atoms with Crippen molar-refractivity contribution in [3.63, 3.8) is 0 Å². The minimum absolute atomic E-state index is 0.720. The summed E-state index contributed by atoms with van der Waals surface area (Å²) < 4.78 is 1.01. The van der Waals surface area contributed by atoms with Gasteiger partial charge in [0.15, 0.2) is 0 Å². The fourth-order valence-electron chi connectivity index (χ4n) is 2.55. The normalized spacial score (nSPS) is 14.7. The van der Waals surface area contributed by atoms with Crippen molar-refractivity contribution in [3.8, 4) is 0 Å². The predicted molar refractivity (Wildman–Crippen MR) is 94.0 cm³/mol. The van der Waals surface area contributed by atoms with E-state index < -0.39 is 0 Å². The number of nitrogens with one attached hydrogen (secondary N) is 1. The molecule has 1 fully saturated rings. The van der Waals surface area contributed by atoms with E-state index in [9.17, 15) is 4.79 Å². The van der Waals surface area contributed by atoms with Crippen molar-refractivity contribution in [2.45, 2.75) is 6.92 Å². The molecule has 2 heterocycles. The summed E-state index contributed by atoms with van der Waals surface area (Å²) >= 11 is 3.47. The van der Waals surface area contributed by atoms with E-state index in [-0.39, 0.29) is 0 Å². The summed E-state index contributed by atoms with van der Waals surface area (Å²) in [5.74, 6) is 2.38. The van der Waals surface area contributed by atoms with Crippen molar-refractivity contribution in [3.05, 3.63) is 40.6 Å². The molecule has 0 aliphatic carbocycles. The maximum absolute atomic E-state index is 10.8. The molecule has 3 rings (SSSR count). The quantitative estimate of drug-likeness (QED) is 0.832. The minimum Gasteiger partial charge on any atom is -0.353 e. The van der Waals surface area contributed by atoms with Gasteiger partial charge in [-0.15, -0.1) is 0 Å². The molecule has 0 spiro atoms. The van der Waals surface area contributed by atoms with E-state index in [1.54, 1.807) is 4.90 Å². The largest absolute Gasteiger partial charge is 0.353 e. The van der Waals surface area contributed by atoms with E-state index in [1.165, 1.54) is 0 Å². The average molecular weight is 376 g/mol. The smallest absolute Gasteiger partial charge is 0.209 e.